The Morgan fingerprint density at radius 2 is 1.89 bits per heavy atom. The summed E-state index contributed by atoms with van der Waals surface area (Å²) < 4.78 is 5.40. The minimum Gasteiger partial charge on any atom is -0.660 e. The van der Waals surface area contributed by atoms with Crippen LogP contribution < -0.4 is 0 Å². The molecular formula is C14H16N3OY-. The number of aromatic nitrogens is 1. The molecule has 5 heteroatoms. The predicted octanol–water partition coefficient (Wildman–Crippen LogP) is 2.53. The van der Waals surface area contributed by atoms with Crippen molar-refractivity contribution in [3.8, 4) is 11.3 Å². The Labute approximate surface area is 138 Å². The minimum absolute atomic E-state index is 0. The molecule has 1 aliphatic heterocycles. The van der Waals surface area contributed by atoms with E-state index in [0.29, 0.717) is 0 Å². The van der Waals surface area contributed by atoms with Crippen molar-refractivity contribution >= 4 is 0 Å². The van der Waals surface area contributed by atoms with Crippen LogP contribution >= 0.6 is 0 Å². The van der Waals surface area contributed by atoms with Crippen molar-refractivity contribution in [2.75, 3.05) is 26.2 Å². The van der Waals surface area contributed by atoms with E-state index in [2.05, 4.69) is 15.4 Å². The van der Waals surface area contributed by atoms with Crippen molar-refractivity contribution in [3.05, 3.63) is 47.5 Å². The summed E-state index contributed by atoms with van der Waals surface area (Å²) in [6.45, 7) is 4.72. The fourth-order valence-electron chi connectivity index (χ4n) is 2.16. The van der Waals surface area contributed by atoms with Gasteiger partial charge in [0.2, 0.25) is 0 Å². The maximum absolute atomic E-state index is 5.40. The largest absolute Gasteiger partial charge is 0.660 e. The van der Waals surface area contributed by atoms with Crippen LogP contribution in [-0.4, -0.2) is 36.2 Å². The van der Waals surface area contributed by atoms with Gasteiger partial charge in [0.15, 0.2) is 5.76 Å². The zero-order valence-electron chi connectivity index (χ0n) is 10.8. The normalized spacial score (nSPS) is 16.0. The fraction of sp³-hybridized carbons (Fsp3) is 0.357. The first-order valence-electron chi connectivity index (χ1n) is 6.28. The van der Waals surface area contributed by atoms with Gasteiger partial charge in [-0.25, -0.2) is 0 Å². The van der Waals surface area contributed by atoms with Gasteiger partial charge < -0.3 is 9.84 Å². The molecule has 97 valence electrons. The number of piperazine rings is 1. The summed E-state index contributed by atoms with van der Waals surface area (Å²) in [5, 5.41) is 8.46. The molecule has 0 aliphatic carbocycles. The molecule has 1 aromatic heterocycles. The summed E-state index contributed by atoms with van der Waals surface area (Å²) >= 11 is 0. The first-order chi connectivity index (χ1) is 8.92. The Morgan fingerprint density at radius 1 is 1.16 bits per heavy atom. The van der Waals surface area contributed by atoms with Crippen LogP contribution in [0.4, 0.5) is 0 Å². The second kappa shape index (κ2) is 7.29. The van der Waals surface area contributed by atoms with E-state index in [1.807, 2.05) is 36.4 Å². The molecular weight excluding hydrogens is 315 g/mol. The number of hydrogen-bond donors (Lipinski definition) is 0. The molecule has 3 rings (SSSR count). The van der Waals surface area contributed by atoms with Crippen molar-refractivity contribution in [3.63, 3.8) is 0 Å². The van der Waals surface area contributed by atoms with Crippen molar-refractivity contribution in [1.29, 1.82) is 0 Å². The van der Waals surface area contributed by atoms with Crippen molar-refractivity contribution in [1.82, 2.24) is 10.1 Å². The molecule has 1 radical (unpaired) electrons. The van der Waals surface area contributed by atoms with E-state index < -0.39 is 0 Å². The molecule has 2 heterocycles. The Bertz CT molecular complexity index is 494. The molecule has 0 atom stereocenters. The molecule has 1 aromatic carbocycles. The average molecular weight is 331 g/mol. The van der Waals surface area contributed by atoms with Crippen LogP contribution in [0.3, 0.4) is 0 Å². The van der Waals surface area contributed by atoms with Crippen LogP contribution in [0.15, 0.2) is 40.9 Å². The van der Waals surface area contributed by atoms with E-state index in [9.17, 15) is 0 Å². The second-order valence-corrected chi connectivity index (χ2v) is 4.49. The standard InChI is InChI=1S/C14H16N3O.Y/c1-2-4-12(5-3-1)14-10-13(18-16-14)11-17-8-6-15-7-9-17;/h1-5,10H,6-9,11H2;/q-1;. The fourth-order valence-corrected chi connectivity index (χ4v) is 2.16. The van der Waals surface area contributed by atoms with Gasteiger partial charge in [0, 0.05) is 44.3 Å². The number of rotatable bonds is 3. The Morgan fingerprint density at radius 3 is 2.63 bits per heavy atom. The van der Waals surface area contributed by atoms with Gasteiger partial charge in [-0.2, -0.15) is 0 Å². The van der Waals surface area contributed by atoms with E-state index >= 15 is 0 Å². The molecule has 0 spiro atoms. The van der Waals surface area contributed by atoms with E-state index in [1.54, 1.807) is 0 Å². The summed E-state index contributed by atoms with van der Waals surface area (Å²) in [5.74, 6) is 0.927. The average Bonchev–Trinajstić information content (AvgIpc) is 2.89. The molecule has 0 bridgehead atoms. The molecule has 19 heavy (non-hydrogen) atoms. The Balaban J connectivity index is 0.00000133. The Kier molecular flexibility index (Phi) is 5.70. The topological polar surface area (TPSA) is 43.4 Å². The van der Waals surface area contributed by atoms with Gasteiger partial charge in [-0.3, -0.25) is 4.90 Å². The SMILES string of the molecule is [Y].c1ccc(-c2cc(CN3CC[N-]CC3)on2)cc1. The molecule has 1 aliphatic rings. The van der Waals surface area contributed by atoms with Crippen LogP contribution in [-0.2, 0) is 39.3 Å². The van der Waals surface area contributed by atoms with Gasteiger partial charge in [-0.05, 0) is 13.1 Å². The van der Waals surface area contributed by atoms with Gasteiger partial charge in [0.1, 0.15) is 5.69 Å². The monoisotopic (exact) mass is 331 g/mol. The quantitative estimate of drug-likeness (QED) is 0.868. The molecule has 4 nitrogen and oxygen atoms in total. The summed E-state index contributed by atoms with van der Waals surface area (Å²) in [6, 6.07) is 12.1. The zero-order valence-corrected chi connectivity index (χ0v) is 13.7. The maximum Gasteiger partial charge on any atom is 0.151 e. The van der Waals surface area contributed by atoms with Crippen molar-refractivity contribution in [2.24, 2.45) is 0 Å². The van der Waals surface area contributed by atoms with E-state index in [0.717, 1.165) is 49.7 Å². The third kappa shape index (κ3) is 3.96. The maximum atomic E-state index is 5.40. The number of nitrogens with zero attached hydrogens (tertiary/aromatic N) is 3. The van der Waals surface area contributed by atoms with Gasteiger partial charge in [0.05, 0.1) is 6.54 Å². The molecule has 0 amide bonds. The second-order valence-electron chi connectivity index (χ2n) is 4.49. The van der Waals surface area contributed by atoms with Gasteiger partial charge >= 0.3 is 0 Å². The Hall–Kier alpha value is -0.546. The summed E-state index contributed by atoms with van der Waals surface area (Å²) in [4.78, 5) is 2.35. The molecule has 0 saturated carbocycles. The third-order valence-electron chi connectivity index (χ3n) is 3.16. The van der Waals surface area contributed by atoms with Gasteiger partial charge in [-0.15, -0.1) is 13.1 Å². The first kappa shape index (κ1) is 14.9. The van der Waals surface area contributed by atoms with Crippen molar-refractivity contribution < 1.29 is 37.2 Å². The molecule has 1 fully saturated rings. The molecule has 0 unspecified atom stereocenters. The molecule has 2 aromatic rings. The van der Waals surface area contributed by atoms with Gasteiger partial charge in [0.25, 0.3) is 0 Å². The molecule has 1 saturated heterocycles. The number of benzene rings is 1. The van der Waals surface area contributed by atoms with Crippen LogP contribution in [0.1, 0.15) is 5.76 Å². The smallest absolute Gasteiger partial charge is 0.151 e. The third-order valence-corrected chi connectivity index (χ3v) is 3.16. The summed E-state index contributed by atoms with van der Waals surface area (Å²) in [6.07, 6.45) is 0. The van der Waals surface area contributed by atoms with Crippen LogP contribution in [0.5, 0.6) is 0 Å². The minimum atomic E-state index is 0. The van der Waals surface area contributed by atoms with Crippen LogP contribution in [0.25, 0.3) is 16.6 Å². The summed E-state index contributed by atoms with van der Waals surface area (Å²) in [5.41, 5.74) is 2.01. The zero-order chi connectivity index (χ0) is 12.2. The predicted molar refractivity (Wildman–Crippen MR) is 70.3 cm³/mol. The number of hydrogen-bond acceptors (Lipinski definition) is 3. The first-order valence-corrected chi connectivity index (χ1v) is 6.28. The van der Waals surface area contributed by atoms with E-state index in [-0.39, 0.29) is 32.7 Å². The van der Waals surface area contributed by atoms with Crippen molar-refractivity contribution in [2.45, 2.75) is 6.54 Å². The van der Waals surface area contributed by atoms with E-state index in [4.69, 9.17) is 4.52 Å². The summed E-state index contributed by atoms with van der Waals surface area (Å²) in [7, 11) is 0. The van der Waals surface area contributed by atoms with Crippen LogP contribution in [0.2, 0.25) is 0 Å². The van der Waals surface area contributed by atoms with E-state index in [1.165, 1.54) is 0 Å². The molecule has 0 N–H and O–H groups in total. The van der Waals surface area contributed by atoms with Crippen LogP contribution in [0, 0.1) is 0 Å². The van der Waals surface area contributed by atoms with Gasteiger partial charge in [-0.1, -0.05) is 35.5 Å².